The van der Waals surface area contributed by atoms with Gasteiger partial charge in [0.2, 0.25) is 5.91 Å². The number of nitrogens with one attached hydrogen (secondary N) is 2. The van der Waals surface area contributed by atoms with Crippen molar-refractivity contribution in [2.45, 2.75) is 31.8 Å². The molecule has 0 unspecified atom stereocenters. The van der Waals surface area contributed by atoms with Crippen LogP contribution in [0, 0.1) is 0 Å². The van der Waals surface area contributed by atoms with Gasteiger partial charge < -0.3 is 5.32 Å². The zero-order valence-corrected chi connectivity index (χ0v) is 14.9. The molecule has 0 spiro atoms. The average molecular weight is 346 g/mol. The Balaban J connectivity index is 2.00. The highest BCUT2D eigenvalue weighted by molar-refractivity contribution is 7.99. The maximum atomic E-state index is 11.8. The van der Waals surface area contributed by atoms with Gasteiger partial charge in [-0.25, -0.2) is 9.78 Å². The molecule has 3 amide bonds. The molecule has 0 aliphatic heterocycles. The predicted molar refractivity (Wildman–Crippen MR) is 95.6 cm³/mol. The van der Waals surface area contributed by atoms with Crippen molar-refractivity contribution in [3.8, 4) is 5.69 Å². The average Bonchev–Trinajstić information content (AvgIpc) is 3.01. The molecule has 7 heteroatoms. The lowest BCUT2D eigenvalue weighted by Crippen LogP contribution is -2.40. The lowest BCUT2D eigenvalue weighted by molar-refractivity contribution is -0.117. The summed E-state index contributed by atoms with van der Waals surface area (Å²) >= 11 is 1.29. The summed E-state index contributed by atoms with van der Waals surface area (Å²) in [7, 11) is 0. The first-order valence-corrected chi connectivity index (χ1v) is 8.84. The lowest BCUT2D eigenvalue weighted by Gasteiger charge is -2.10. The SMILES string of the molecule is CCNC(=O)NC(=O)CSc1nccn1-c1ccc(C(C)C)cc1. The van der Waals surface area contributed by atoms with Gasteiger partial charge in [-0.05, 0) is 30.5 Å². The van der Waals surface area contributed by atoms with E-state index in [-0.39, 0.29) is 11.7 Å². The number of amides is 3. The number of carbonyl (C=O) groups excluding carboxylic acids is 2. The van der Waals surface area contributed by atoms with Crippen LogP contribution in [-0.4, -0.2) is 33.8 Å². The van der Waals surface area contributed by atoms with E-state index in [0.29, 0.717) is 17.6 Å². The maximum absolute atomic E-state index is 11.8. The number of hydrogen-bond acceptors (Lipinski definition) is 4. The molecule has 0 radical (unpaired) electrons. The molecule has 2 aromatic rings. The first-order chi connectivity index (χ1) is 11.5. The fraction of sp³-hybridized carbons (Fsp3) is 0.353. The molecule has 1 aromatic carbocycles. The van der Waals surface area contributed by atoms with E-state index in [9.17, 15) is 9.59 Å². The molecule has 0 atom stereocenters. The summed E-state index contributed by atoms with van der Waals surface area (Å²) in [5.41, 5.74) is 2.26. The molecule has 2 rings (SSSR count). The topological polar surface area (TPSA) is 76.0 Å². The van der Waals surface area contributed by atoms with Crippen molar-refractivity contribution in [3.05, 3.63) is 42.2 Å². The van der Waals surface area contributed by atoms with Crippen molar-refractivity contribution in [1.29, 1.82) is 0 Å². The minimum absolute atomic E-state index is 0.123. The zero-order chi connectivity index (χ0) is 17.5. The van der Waals surface area contributed by atoms with Gasteiger partial charge in [-0.15, -0.1) is 0 Å². The Bertz CT molecular complexity index is 695. The van der Waals surface area contributed by atoms with Crippen molar-refractivity contribution >= 4 is 23.7 Å². The number of aromatic nitrogens is 2. The van der Waals surface area contributed by atoms with E-state index in [1.54, 1.807) is 13.1 Å². The number of benzene rings is 1. The first kappa shape index (κ1) is 18.1. The Morgan fingerprint density at radius 2 is 1.96 bits per heavy atom. The van der Waals surface area contributed by atoms with Crippen LogP contribution in [0.25, 0.3) is 5.69 Å². The number of thioether (sulfide) groups is 1. The fourth-order valence-corrected chi connectivity index (χ4v) is 2.88. The van der Waals surface area contributed by atoms with Crippen LogP contribution in [0.1, 0.15) is 32.3 Å². The molecular formula is C17H22N4O2S. The Labute approximate surface area is 146 Å². The van der Waals surface area contributed by atoms with E-state index in [4.69, 9.17) is 0 Å². The second kappa shape index (κ2) is 8.54. The van der Waals surface area contributed by atoms with Gasteiger partial charge in [0, 0.05) is 24.6 Å². The van der Waals surface area contributed by atoms with E-state index in [0.717, 1.165) is 5.69 Å². The molecule has 2 N–H and O–H groups in total. The molecule has 1 heterocycles. The highest BCUT2D eigenvalue weighted by Gasteiger charge is 2.11. The van der Waals surface area contributed by atoms with Gasteiger partial charge in [0.1, 0.15) is 0 Å². The van der Waals surface area contributed by atoms with Crippen molar-refractivity contribution in [3.63, 3.8) is 0 Å². The molecule has 128 valence electrons. The van der Waals surface area contributed by atoms with Gasteiger partial charge in [0.05, 0.1) is 5.75 Å². The van der Waals surface area contributed by atoms with Gasteiger partial charge in [-0.3, -0.25) is 14.7 Å². The lowest BCUT2D eigenvalue weighted by atomic mass is 10.0. The third kappa shape index (κ3) is 4.86. The Morgan fingerprint density at radius 1 is 1.25 bits per heavy atom. The number of rotatable bonds is 6. The Hall–Kier alpha value is -2.28. The maximum Gasteiger partial charge on any atom is 0.321 e. The van der Waals surface area contributed by atoms with Crippen LogP contribution < -0.4 is 10.6 Å². The molecule has 0 aliphatic carbocycles. The van der Waals surface area contributed by atoms with Gasteiger partial charge in [-0.1, -0.05) is 37.7 Å². The minimum Gasteiger partial charge on any atom is -0.338 e. The standard InChI is InChI=1S/C17H22N4O2S/c1-4-18-16(23)20-15(22)11-24-17-19-9-10-21(17)14-7-5-13(6-8-14)12(2)3/h5-10,12H,4,11H2,1-3H3,(H2,18,20,22,23). The van der Waals surface area contributed by atoms with E-state index >= 15 is 0 Å². The minimum atomic E-state index is -0.476. The van der Waals surface area contributed by atoms with Crippen molar-refractivity contribution in [2.75, 3.05) is 12.3 Å². The van der Waals surface area contributed by atoms with Gasteiger partial charge in [0.15, 0.2) is 5.16 Å². The molecule has 6 nitrogen and oxygen atoms in total. The molecular weight excluding hydrogens is 324 g/mol. The molecule has 0 aliphatic rings. The summed E-state index contributed by atoms with van der Waals surface area (Å²) in [6, 6.07) is 7.79. The second-order valence-corrected chi connectivity index (χ2v) is 6.46. The summed E-state index contributed by atoms with van der Waals surface area (Å²) in [6.45, 7) is 6.57. The third-order valence-corrected chi connectivity index (χ3v) is 4.33. The largest absolute Gasteiger partial charge is 0.338 e. The highest BCUT2D eigenvalue weighted by atomic mass is 32.2. The fourth-order valence-electron chi connectivity index (χ4n) is 2.11. The molecule has 0 saturated carbocycles. The smallest absolute Gasteiger partial charge is 0.321 e. The summed E-state index contributed by atoms with van der Waals surface area (Å²) in [5, 5.41) is 5.50. The van der Waals surface area contributed by atoms with Gasteiger partial charge in [-0.2, -0.15) is 0 Å². The van der Waals surface area contributed by atoms with Crippen LogP contribution in [0.2, 0.25) is 0 Å². The van der Waals surface area contributed by atoms with Crippen molar-refractivity contribution < 1.29 is 9.59 Å². The van der Waals surface area contributed by atoms with E-state index < -0.39 is 6.03 Å². The quantitative estimate of drug-likeness (QED) is 0.789. The predicted octanol–water partition coefficient (Wildman–Crippen LogP) is 2.93. The molecule has 24 heavy (non-hydrogen) atoms. The normalized spacial score (nSPS) is 10.7. The number of imide groups is 1. The number of nitrogens with zero attached hydrogens (tertiary/aromatic N) is 2. The van der Waals surface area contributed by atoms with Crippen LogP contribution in [0.3, 0.4) is 0 Å². The van der Waals surface area contributed by atoms with E-state index in [2.05, 4.69) is 41.6 Å². The molecule has 0 saturated heterocycles. The third-order valence-electron chi connectivity index (χ3n) is 3.37. The Kier molecular flexibility index (Phi) is 6.43. The van der Waals surface area contributed by atoms with Gasteiger partial charge in [0.25, 0.3) is 0 Å². The number of urea groups is 1. The van der Waals surface area contributed by atoms with Crippen molar-refractivity contribution in [2.24, 2.45) is 0 Å². The van der Waals surface area contributed by atoms with Crippen molar-refractivity contribution in [1.82, 2.24) is 20.2 Å². The van der Waals surface area contributed by atoms with Crippen LogP contribution in [-0.2, 0) is 4.79 Å². The monoisotopic (exact) mass is 346 g/mol. The van der Waals surface area contributed by atoms with Crippen LogP contribution in [0.15, 0.2) is 41.8 Å². The Morgan fingerprint density at radius 3 is 2.58 bits per heavy atom. The summed E-state index contributed by atoms with van der Waals surface area (Å²) in [5.74, 6) is 0.252. The highest BCUT2D eigenvalue weighted by Crippen LogP contribution is 2.22. The van der Waals surface area contributed by atoms with Crippen LogP contribution >= 0.6 is 11.8 Å². The summed E-state index contributed by atoms with van der Waals surface area (Å²) < 4.78 is 1.92. The van der Waals surface area contributed by atoms with Gasteiger partial charge >= 0.3 is 6.03 Å². The van der Waals surface area contributed by atoms with E-state index in [1.165, 1.54) is 17.3 Å². The number of carbonyl (C=O) groups is 2. The number of hydrogen-bond donors (Lipinski definition) is 2. The summed E-state index contributed by atoms with van der Waals surface area (Å²) in [6.07, 6.45) is 3.55. The molecule has 1 aromatic heterocycles. The number of imidazole rings is 1. The van der Waals surface area contributed by atoms with Crippen LogP contribution in [0.5, 0.6) is 0 Å². The first-order valence-electron chi connectivity index (χ1n) is 7.85. The molecule has 0 bridgehead atoms. The molecule has 0 fully saturated rings. The second-order valence-electron chi connectivity index (χ2n) is 5.52. The zero-order valence-electron chi connectivity index (χ0n) is 14.1. The van der Waals surface area contributed by atoms with E-state index in [1.807, 2.05) is 22.9 Å². The van der Waals surface area contributed by atoms with Crippen LogP contribution in [0.4, 0.5) is 4.79 Å². The summed E-state index contributed by atoms with van der Waals surface area (Å²) in [4.78, 5) is 27.4.